The molecule has 1 aliphatic rings. The lowest BCUT2D eigenvalue weighted by atomic mass is 10.1. The first-order valence-corrected chi connectivity index (χ1v) is 9.61. The molecule has 0 saturated heterocycles. The molecular weight excluding hydrogens is 386 g/mol. The summed E-state index contributed by atoms with van der Waals surface area (Å²) in [6, 6.07) is 15.7. The number of benzene rings is 2. The van der Waals surface area contributed by atoms with Gasteiger partial charge in [-0.1, -0.05) is 42.5 Å². The summed E-state index contributed by atoms with van der Waals surface area (Å²) in [6.07, 6.45) is 0.278. The van der Waals surface area contributed by atoms with Crippen molar-refractivity contribution in [1.29, 1.82) is 0 Å². The first-order valence-electron chi connectivity index (χ1n) is 9.61. The van der Waals surface area contributed by atoms with Crippen LogP contribution in [-0.4, -0.2) is 42.9 Å². The highest BCUT2D eigenvalue weighted by Gasteiger charge is 2.30. The van der Waals surface area contributed by atoms with Gasteiger partial charge in [0.1, 0.15) is 6.54 Å². The Labute approximate surface area is 174 Å². The van der Waals surface area contributed by atoms with Crippen molar-refractivity contribution < 1.29 is 23.9 Å². The maximum atomic E-state index is 12.7. The van der Waals surface area contributed by atoms with Crippen molar-refractivity contribution in [2.45, 2.75) is 25.8 Å². The van der Waals surface area contributed by atoms with E-state index in [0.717, 1.165) is 5.56 Å². The third-order valence-corrected chi connectivity index (χ3v) is 4.62. The van der Waals surface area contributed by atoms with E-state index < -0.39 is 24.5 Å². The maximum Gasteiger partial charge on any atom is 0.325 e. The number of hydrogen-bond donors (Lipinski definition) is 2. The molecule has 0 radical (unpaired) electrons. The largest absolute Gasteiger partial charge is 0.454 e. The van der Waals surface area contributed by atoms with Gasteiger partial charge in [0.25, 0.3) is 5.91 Å². The molecule has 2 aromatic rings. The van der Waals surface area contributed by atoms with E-state index >= 15 is 0 Å². The van der Waals surface area contributed by atoms with Crippen molar-refractivity contribution in [1.82, 2.24) is 5.32 Å². The first kappa shape index (κ1) is 21.0. The average Bonchev–Trinajstić information content (AvgIpc) is 2.85. The fourth-order valence-electron chi connectivity index (χ4n) is 3.25. The van der Waals surface area contributed by atoms with Crippen LogP contribution in [0.1, 0.15) is 18.9 Å². The highest BCUT2D eigenvalue weighted by atomic mass is 16.5. The van der Waals surface area contributed by atoms with Crippen LogP contribution in [0.15, 0.2) is 54.6 Å². The highest BCUT2D eigenvalue weighted by Crippen LogP contribution is 2.31. The first-order chi connectivity index (χ1) is 14.4. The molecule has 8 nitrogen and oxygen atoms in total. The van der Waals surface area contributed by atoms with Gasteiger partial charge in [0.15, 0.2) is 6.61 Å². The zero-order valence-electron chi connectivity index (χ0n) is 16.6. The number of carbonyl (C=O) groups is 4. The Hall–Kier alpha value is -3.68. The zero-order chi connectivity index (χ0) is 21.5. The topological polar surface area (TPSA) is 105 Å². The van der Waals surface area contributed by atoms with E-state index in [2.05, 4.69) is 10.6 Å². The summed E-state index contributed by atoms with van der Waals surface area (Å²) in [5.74, 6) is -1.67. The second-order valence-corrected chi connectivity index (χ2v) is 6.98. The predicted molar refractivity (Wildman–Crippen MR) is 111 cm³/mol. The van der Waals surface area contributed by atoms with Crippen molar-refractivity contribution in [3.8, 4) is 0 Å². The van der Waals surface area contributed by atoms with Crippen LogP contribution in [0.4, 0.5) is 11.4 Å². The molecule has 0 aliphatic carbocycles. The third-order valence-electron chi connectivity index (χ3n) is 4.62. The molecule has 8 heteroatoms. The van der Waals surface area contributed by atoms with Crippen LogP contribution < -0.4 is 15.5 Å². The Morgan fingerprint density at radius 3 is 2.57 bits per heavy atom. The van der Waals surface area contributed by atoms with Crippen molar-refractivity contribution in [3.63, 3.8) is 0 Å². The molecule has 0 unspecified atom stereocenters. The van der Waals surface area contributed by atoms with Crippen LogP contribution in [0.5, 0.6) is 0 Å². The maximum absolute atomic E-state index is 12.7. The van der Waals surface area contributed by atoms with Crippen LogP contribution in [-0.2, 0) is 30.3 Å². The summed E-state index contributed by atoms with van der Waals surface area (Å²) in [7, 11) is 0. The van der Waals surface area contributed by atoms with E-state index in [1.807, 2.05) is 30.3 Å². The molecule has 30 heavy (non-hydrogen) atoms. The summed E-state index contributed by atoms with van der Waals surface area (Å²) >= 11 is 0. The Morgan fingerprint density at radius 2 is 1.80 bits per heavy atom. The lowest BCUT2D eigenvalue weighted by Gasteiger charge is -2.27. The molecule has 2 aromatic carbocycles. The Morgan fingerprint density at radius 1 is 1.10 bits per heavy atom. The minimum atomic E-state index is -0.713. The van der Waals surface area contributed by atoms with E-state index in [1.165, 1.54) is 4.90 Å². The van der Waals surface area contributed by atoms with Gasteiger partial charge in [-0.15, -0.1) is 0 Å². The van der Waals surface area contributed by atoms with Crippen LogP contribution in [0.3, 0.4) is 0 Å². The number of fused-ring (bicyclic) bond motifs is 1. The van der Waals surface area contributed by atoms with Crippen molar-refractivity contribution in [2.75, 3.05) is 23.4 Å². The molecule has 1 atom stereocenters. The van der Waals surface area contributed by atoms with E-state index in [1.54, 1.807) is 31.2 Å². The van der Waals surface area contributed by atoms with E-state index in [-0.39, 0.29) is 31.2 Å². The van der Waals surface area contributed by atoms with Gasteiger partial charge < -0.3 is 20.3 Å². The fraction of sp³-hybridized carbons (Fsp3) is 0.273. The summed E-state index contributed by atoms with van der Waals surface area (Å²) in [5, 5.41) is 5.25. The number of amides is 3. The van der Waals surface area contributed by atoms with E-state index in [4.69, 9.17) is 4.74 Å². The number of rotatable bonds is 6. The second-order valence-electron chi connectivity index (χ2n) is 6.98. The predicted octanol–water partition coefficient (Wildman–Crippen LogP) is 1.65. The molecule has 0 aromatic heterocycles. The molecule has 156 valence electrons. The molecule has 1 aliphatic heterocycles. The number of hydrogen-bond acceptors (Lipinski definition) is 5. The van der Waals surface area contributed by atoms with Crippen molar-refractivity contribution >= 4 is 35.1 Å². The van der Waals surface area contributed by atoms with Gasteiger partial charge in [-0.2, -0.15) is 0 Å². The van der Waals surface area contributed by atoms with Gasteiger partial charge in [-0.3, -0.25) is 19.2 Å². The smallest absolute Gasteiger partial charge is 0.325 e. The minimum Gasteiger partial charge on any atom is -0.454 e. The number of ether oxygens (including phenoxy) is 1. The molecule has 2 N–H and O–H groups in total. The lowest BCUT2D eigenvalue weighted by molar-refractivity contribution is -0.147. The molecule has 0 spiro atoms. The number of carbonyl (C=O) groups excluding carboxylic acids is 4. The molecule has 0 saturated carbocycles. The summed E-state index contributed by atoms with van der Waals surface area (Å²) in [6.45, 7) is 0.941. The second kappa shape index (κ2) is 9.69. The van der Waals surface area contributed by atoms with Crippen LogP contribution in [0.2, 0.25) is 0 Å². The number of esters is 1. The van der Waals surface area contributed by atoms with Crippen molar-refractivity contribution in [3.05, 3.63) is 60.2 Å². The van der Waals surface area contributed by atoms with Gasteiger partial charge in [-0.25, -0.2) is 0 Å². The quantitative estimate of drug-likeness (QED) is 0.706. The summed E-state index contributed by atoms with van der Waals surface area (Å²) in [4.78, 5) is 50.1. The Bertz CT molecular complexity index is 945. The van der Waals surface area contributed by atoms with Gasteiger partial charge in [0.05, 0.1) is 17.8 Å². The molecule has 3 rings (SSSR count). The number of para-hydroxylation sites is 2. The SMILES string of the molecule is C[C@H]1CC(=O)Nc2ccccc2N1C(=O)COC(=O)CNC(=O)Cc1ccccc1. The highest BCUT2D eigenvalue weighted by molar-refractivity contribution is 6.05. The molecule has 3 amide bonds. The minimum absolute atomic E-state index is 0.129. The third kappa shape index (κ3) is 5.44. The van der Waals surface area contributed by atoms with Gasteiger partial charge >= 0.3 is 5.97 Å². The zero-order valence-corrected chi connectivity index (χ0v) is 16.6. The molecule has 0 bridgehead atoms. The number of nitrogens with zero attached hydrogens (tertiary/aromatic N) is 1. The van der Waals surface area contributed by atoms with E-state index in [0.29, 0.717) is 11.4 Å². The van der Waals surface area contributed by atoms with Crippen LogP contribution in [0.25, 0.3) is 0 Å². The standard InChI is InChI=1S/C22H23N3O5/c1-15-11-20(27)24-17-9-5-6-10-18(17)25(15)21(28)14-30-22(29)13-23-19(26)12-16-7-3-2-4-8-16/h2-10,15H,11-14H2,1H3,(H,23,26)(H,24,27)/t15-/m0/s1. The van der Waals surface area contributed by atoms with Crippen LogP contribution in [0, 0.1) is 0 Å². The van der Waals surface area contributed by atoms with E-state index in [9.17, 15) is 19.2 Å². The number of anilines is 2. The monoisotopic (exact) mass is 409 g/mol. The Balaban J connectivity index is 1.52. The molecular formula is C22H23N3O5. The summed E-state index contributed by atoms with van der Waals surface area (Å²) < 4.78 is 5.04. The van der Waals surface area contributed by atoms with Gasteiger partial charge in [-0.05, 0) is 24.6 Å². The summed E-state index contributed by atoms with van der Waals surface area (Å²) in [5.41, 5.74) is 1.91. The molecule has 1 heterocycles. The van der Waals surface area contributed by atoms with Gasteiger partial charge in [0, 0.05) is 12.5 Å². The Kier molecular flexibility index (Phi) is 6.79. The lowest BCUT2D eigenvalue weighted by Crippen LogP contribution is -2.42. The molecule has 0 fully saturated rings. The van der Waals surface area contributed by atoms with Gasteiger partial charge in [0.2, 0.25) is 11.8 Å². The fourth-order valence-corrected chi connectivity index (χ4v) is 3.25. The van der Waals surface area contributed by atoms with Crippen LogP contribution >= 0.6 is 0 Å². The normalized spacial score (nSPS) is 15.4. The van der Waals surface area contributed by atoms with Crippen molar-refractivity contribution in [2.24, 2.45) is 0 Å². The average molecular weight is 409 g/mol. The number of nitrogens with one attached hydrogen (secondary N) is 2.